The van der Waals surface area contributed by atoms with Crippen molar-refractivity contribution in [1.29, 1.82) is 0 Å². The summed E-state index contributed by atoms with van der Waals surface area (Å²) in [5.41, 5.74) is 5.50. The molecule has 1 fully saturated rings. The molecule has 4 nitrogen and oxygen atoms in total. The lowest BCUT2D eigenvalue weighted by Gasteiger charge is -2.04. The second-order valence-corrected chi connectivity index (χ2v) is 4.63. The zero-order chi connectivity index (χ0) is 7.78. The molecule has 1 saturated carbocycles. The summed E-state index contributed by atoms with van der Waals surface area (Å²) in [6.45, 7) is 0. The molecular formula is C5H12N2O2S. The van der Waals surface area contributed by atoms with Crippen molar-refractivity contribution in [3.8, 4) is 0 Å². The maximum atomic E-state index is 10.7. The molecule has 1 aliphatic carbocycles. The van der Waals surface area contributed by atoms with Crippen LogP contribution in [0.4, 0.5) is 0 Å². The lowest BCUT2D eigenvalue weighted by Crippen LogP contribution is -2.27. The molecule has 0 amide bonds. The average molecular weight is 164 g/mol. The maximum Gasteiger partial charge on any atom is 0.212 e. The Kier molecular flexibility index (Phi) is 1.98. The lowest BCUT2D eigenvalue weighted by atomic mass is 10.3. The van der Waals surface area contributed by atoms with E-state index in [1.807, 2.05) is 0 Å². The SMILES string of the molecule is N[C@H]1CC[C@@H](S(N)(=O)=O)C1. The van der Waals surface area contributed by atoms with Gasteiger partial charge >= 0.3 is 0 Å². The van der Waals surface area contributed by atoms with Crippen LogP contribution < -0.4 is 10.9 Å². The maximum absolute atomic E-state index is 10.7. The van der Waals surface area contributed by atoms with Gasteiger partial charge in [0.05, 0.1) is 5.25 Å². The number of hydrogen-bond donors (Lipinski definition) is 2. The molecule has 0 radical (unpaired) electrons. The Bertz CT molecular complexity index is 212. The van der Waals surface area contributed by atoms with Gasteiger partial charge in [-0.3, -0.25) is 0 Å². The van der Waals surface area contributed by atoms with E-state index in [1.165, 1.54) is 0 Å². The van der Waals surface area contributed by atoms with E-state index < -0.39 is 10.0 Å². The zero-order valence-corrected chi connectivity index (χ0v) is 6.47. The van der Waals surface area contributed by atoms with Crippen LogP contribution in [0.2, 0.25) is 0 Å². The van der Waals surface area contributed by atoms with Gasteiger partial charge in [0, 0.05) is 6.04 Å². The molecule has 1 aliphatic rings. The third kappa shape index (κ3) is 1.68. The van der Waals surface area contributed by atoms with Gasteiger partial charge in [0.1, 0.15) is 0 Å². The van der Waals surface area contributed by atoms with Crippen LogP contribution in [-0.2, 0) is 10.0 Å². The molecule has 0 saturated heterocycles. The van der Waals surface area contributed by atoms with Crippen LogP contribution in [0, 0.1) is 0 Å². The summed E-state index contributed by atoms with van der Waals surface area (Å²) >= 11 is 0. The highest BCUT2D eigenvalue weighted by atomic mass is 32.2. The number of sulfonamides is 1. The number of rotatable bonds is 1. The first-order valence-corrected chi connectivity index (χ1v) is 4.88. The monoisotopic (exact) mass is 164 g/mol. The van der Waals surface area contributed by atoms with E-state index in [4.69, 9.17) is 10.9 Å². The minimum atomic E-state index is -3.32. The Labute approximate surface area is 60.6 Å². The number of nitrogens with two attached hydrogens (primary N) is 2. The first-order valence-electron chi connectivity index (χ1n) is 3.27. The van der Waals surface area contributed by atoms with Crippen molar-refractivity contribution in [1.82, 2.24) is 0 Å². The number of hydrogen-bond acceptors (Lipinski definition) is 3. The van der Waals surface area contributed by atoms with E-state index in [2.05, 4.69) is 0 Å². The Balaban J connectivity index is 2.62. The molecule has 1 rings (SSSR count). The van der Waals surface area contributed by atoms with Crippen LogP contribution in [0.15, 0.2) is 0 Å². The highest BCUT2D eigenvalue weighted by Gasteiger charge is 2.29. The molecule has 60 valence electrons. The smallest absolute Gasteiger partial charge is 0.212 e. The Hall–Kier alpha value is -0.130. The van der Waals surface area contributed by atoms with E-state index in [0.717, 1.165) is 6.42 Å². The van der Waals surface area contributed by atoms with Crippen LogP contribution in [-0.4, -0.2) is 19.7 Å². The third-order valence-corrected chi connectivity index (χ3v) is 3.25. The highest BCUT2D eigenvalue weighted by Crippen LogP contribution is 2.21. The molecule has 0 heterocycles. The van der Waals surface area contributed by atoms with Crippen molar-refractivity contribution in [2.24, 2.45) is 10.9 Å². The van der Waals surface area contributed by atoms with E-state index in [1.54, 1.807) is 0 Å². The second-order valence-electron chi connectivity index (χ2n) is 2.78. The van der Waals surface area contributed by atoms with Gasteiger partial charge in [-0.1, -0.05) is 0 Å². The van der Waals surface area contributed by atoms with Crippen molar-refractivity contribution in [3.05, 3.63) is 0 Å². The van der Waals surface area contributed by atoms with Gasteiger partial charge in [0.25, 0.3) is 0 Å². The fraction of sp³-hybridized carbons (Fsp3) is 1.00. The molecule has 0 aromatic rings. The second kappa shape index (κ2) is 2.48. The standard InChI is InChI=1S/C5H12N2O2S/c6-4-1-2-5(3-4)10(7,8)9/h4-5H,1-3,6H2,(H2,7,8,9)/t4-,5+/m0/s1. The average Bonchev–Trinajstić information content (AvgIpc) is 2.11. The summed E-state index contributed by atoms with van der Waals surface area (Å²) in [6.07, 6.45) is 1.93. The third-order valence-electron chi connectivity index (χ3n) is 1.89. The van der Waals surface area contributed by atoms with Gasteiger partial charge in [-0.15, -0.1) is 0 Å². The van der Waals surface area contributed by atoms with Crippen LogP contribution >= 0.6 is 0 Å². The van der Waals surface area contributed by atoms with Crippen LogP contribution in [0.5, 0.6) is 0 Å². The minimum Gasteiger partial charge on any atom is -0.328 e. The molecule has 0 aliphatic heterocycles. The molecule has 10 heavy (non-hydrogen) atoms. The molecule has 2 atom stereocenters. The summed E-state index contributed by atoms with van der Waals surface area (Å²) in [5.74, 6) is 0. The van der Waals surface area contributed by atoms with Gasteiger partial charge in [-0.25, -0.2) is 13.6 Å². The van der Waals surface area contributed by atoms with E-state index >= 15 is 0 Å². The van der Waals surface area contributed by atoms with Crippen LogP contribution in [0.3, 0.4) is 0 Å². The summed E-state index contributed by atoms with van der Waals surface area (Å²) in [4.78, 5) is 0. The molecule has 0 aromatic heterocycles. The van der Waals surface area contributed by atoms with E-state index in [0.29, 0.717) is 12.8 Å². The Morgan fingerprint density at radius 3 is 2.10 bits per heavy atom. The Morgan fingerprint density at radius 2 is 1.90 bits per heavy atom. The lowest BCUT2D eigenvalue weighted by molar-refractivity contribution is 0.579. The van der Waals surface area contributed by atoms with Crippen molar-refractivity contribution in [2.75, 3.05) is 0 Å². The highest BCUT2D eigenvalue weighted by molar-refractivity contribution is 7.89. The largest absolute Gasteiger partial charge is 0.328 e. The molecule has 4 N–H and O–H groups in total. The predicted octanol–water partition coefficient (Wildman–Crippen LogP) is -0.845. The van der Waals surface area contributed by atoms with Crippen LogP contribution in [0.1, 0.15) is 19.3 Å². The summed E-state index contributed by atoms with van der Waals surface area (Å²) in [5, 5.41) is 4.53. The fourth-order valence-electron chi connectivity index (χ4n) is 1.27. The van der Waals surface area contributed by atoms with Crippen molar-refractivity contribution in [2.45, 2.75) is 30.6 Å². The topological polar surface area (TPSA) is 86.2 Å². The predicted molar refractivity (Wildman–Crippen MR) is 38.7 cm³/mol. The molecule has 0 unspecified atom stereocenters. The quantitative estimate of drug-likeness (QED) is 0.529. The van der Waals surface area contributed by atoms with Crippen molar-refractivity contribution >= 4 is 10.0 Å². The summed E-state index contributed by atoms with van der Waals surface area (Å²) < 4.78 is 21.4. The first-order chi connectivity index (χ1) is 4.50. The Morgan fingerprint density at radius 1 is 1.30 bits per heavy atom. The number of primary sulfonamides is 1. The normalized spacial score (nSPS) is 34.6. The van der Waals surface area contributed by atoms with Gasteiger partial charge in [0.2, 0.25) is 10.0 Å². The van der Waals surface area contributed by atoms with Gasteiger partial charge in [-0.05, 0) is 19.3 Å². The molecule has 5 heteroatoms. The van der Waals surface area contributed by atoms with Crippen LogP contribution in [0.25, 0.3) is 0 Å². The molecular weight excluding hydrogens is 152 g/mol. The first kappa shape index (κ1) is 7.97. The van der Waals surface area contributed by atoms with Gasteiger partial charge in [0.15, 0.2) is 0 Å². The van der Waals surface area contributed by atoms with E-state index in [9.17, 15) is 8.42 Å². The van der Waals surface area contributed by atoms with Gasteiger partial charge < -0.3 is 5.73 Å². The fourth-order valence-corrected chi connectivity index (χ4v) is 2.25. The van der Waals surface area contributed by atoms with Crippen molar-refractivity contribution < 1.29 is 8.42 Å². The minimum absolute atomic E-state index is 0.0309. The van der Waals surface area contributed by atoms with E-state index in [-0.39, 0.29) is 11.3 Å². The molecule has 0 aromatic carbocycles. The molecule has 0 spiro atoms. The van der Waals surface area contributed by atoms with Crippen molar-refractivity contribution in [3.63, 3.8) is 0 Å². The van der Waals surface area contributed by atoms with Gasteiger partial charge in [-0.2, -0.15) is 0 Å². The zero-order valence-electron chi connectivity index (χ0n) is 5.66. The summed E-state index contributed by atoms with van der Waals surface area (Å²) in [7, 11) is -3.32. The molecule has 0 bridgehead atoms. The summed E-state index contributed by atoms with van der Waals surface area (Å²) in [6, 6.07) is 0.0309.